The summed E-state index contributed by atoms with van der Waals surface area (Å²) in [7, 11) is 3.49. The molecule has 0 radical (unpaired) electrons. The van der Waals surface area contributed by atoms with Crippen LogP contribution in [0.15, 0.2) is 23.4 Å². The Morgan fingerprint density at radius 3 is 2.67 bits per heavy atom. The van der Waals surface area contributed by atoms with Crippen molar-refractivity contribution in [3.8, 4) is 5.69 Å². The van der Waals surface area contributed by atoms with Crippen molar-refractivity contribution < 1.29 is 4.79 Å². The van der Waals surface area contributed by atoms with Crippen molar-refractivity contribution in [3.05, 3.63) is 29.3 Å². The third kappa shape index (κ3) is 3.41. The van der Waals surface area contributed by atoms with E-state index in [1.807, 2.05) is 32.9 Å². The number of nitrogens with zero attached hydrogens (tertiary/aromatic N) is 5. The zero-order valence-corrected chi connectivity index (χ0v) is 13.7. The van der Waals surface area contributed by atoms with Crippen molar-refractivity contribution in [1.29, 1.82) is 0 Å². The van der Waals surface area contributed by atoms with E-state index in [0.29, 0.717) is 5.16 Å². The highest BCUT2D eigenvalue weighted by molar-refractivity contribution is 8.00. The summed E-state index contributed by atoms with van der Waals surface area (Å²) < 4.78 is 1.68. The van der Waals surface area contributed by atoms with Crippen LogP contribution in [-0.4, -0.2) is 50.4 Å². The van der Waals surface area contributed by atoms with E-state index in [-0.39, 0.29) is 11.2 Å². The van der Waals surface area contributed by atoms with Crippen LogP contribution in [0, 0.1) is 13.8 Å². The molecule has 6 nitrogen and oxygen atoms in total. The molecule has 7 heteroatoms. The first-order valence-corrected chi connectivity index (χ1v) is 7.52. The summed E-state index contributed by atoms with van der Waals surface area (Å²) in [6.45, 7) is 5.92. The van der Waals surface area contributed by atoms with Gasteiger partial charge < -0.3 is 4.90 Å². The molecule has 0 unspecified atom stereocenters. The molecule has 0 saturated carbocycles. The zero-order chi connectivity index (χ0) is 15.6. The minimum absolute atomic E-state index is 0.0372. The number of amides is 1. The monoisotopic (exact) mass is 305 g/mol. The maximum absolute atomic E-state index is 12.0. The Balaban J connectivity index is 2.29. The van der Waals surface area contributed by atoms with Crippen LogP contribution in [0.2, 0.25) is 0 Å². The topological polar surface area (TPSA) is 63.9 Å². The molecule has 0 fully saturated rings. The van der Waals surface area contributed by atoms with Gasteiger partial charge in [-0.25, -0.2) is 0 Å². The standard InChI is InChI=1S/C14H19N5OS/c1-9-6-7-12(10(2)8-9)19-14(15-16-17-19)21-11(3)13(20)18(4)5/h6-8,11H,1-5H3/t11-/m1/s1. The molecule has 0 bridgehead atoms. The Hall–Kier alpha value is -1.89. The second kappa shape index (κ2) is 6.26. The molecule has 0 aliphatic rings. The van der Waals surface area contributed by atoms with Crippen molar-refractivity contribution in [1.82, 2.24) is 25.1 Å². The highest BCUT2D eigenvalue weighted by Crippen LogP contribution is 2.25. The van der Waals surface area contributed by atoms with Crippen molar-refractivity contribution in [2.75, 3.05) is 14.1 Å². The molecular formula is C14H19N5OS. The number of benzene rings is 1. The minimum Gasteiger partial charge on any atom is -0.348 e. The number of carbonyl (C=O) groups excluding carboxylic acids is 1. The van der Waals surface area contributed by atoms with E-state index in [1.54, 1.807) is 23.7 Å². The van der Waals surface area contributed by atoms with Gasteiger partial charge in [0, 0.05) is 14.1 Å². The van der Waals surface area contributed by atoms with Crippen LogP contribution in [0.5, 0.6) is 0 Å². The Bertz CT molecular complexity index is 653. The maximum atomic E-state index is 12.0. The number of carbonyl (C=O) groups is 1. The van der Waals surface area contributed by atoms with Crippen LogP contribution < -0.4 is 0 Å². The van der Waals surface area contributed by atoms with E-state index in [2.05, 4.69) is 21.6 Å². The molecule has 1 atom stereocenters. The molecule has 1 amide bonds. The van der Waals surface area contributed by atoms with Gasteiger partial charge in [-0.05, 0) is 42.8 Å². The third-order valence-electron chi connectivity index (χ3n) is 3.09. The number of hydrogen-bond donors (Lipinski definition) is 0. The first kappa shape index (κ1) is 15.5. The summed E-state index contributed by atoms with van der Waals surface area (Å²) >= 11 is 1.36. The molecule has 21 heavy (non-hydrogen) atoms. The lowest BCUT2D eigenvalue weighted by molar-refractivity contribution is -0.127. The average Bonchev–Trinajstić information content (AvgIpc) is 2.85. The highest BCUT2D eigenvalue weighted by atomic mass is 32.2. The Morgan fingerprint density at radius 1 is 1.33 bits per heavy atom. The predicted molar refractivity (Wildman–Crippen MR) is 82.6 cm³/mol. The molecule has 0 spiro atoms. The first-order chi connectivity index (χ1) is 9.90. The van der Waals surface area contributed by atoms with Crippen molar-refractivity contribution in [3.63, 3.8) is 0 Å². The van der Waals surface area contributed by atoms with Crippen LogP contribution in [0.25, 0.3) is 5.69 Å². The molecule has 2 rings (SSSR count). The molecule has 0 aliphatic carbocycles. The highest BCUT2D eigenvalue weighted by Gasteiger charge is 2.20. The van der Waals surface area contributed by atoms with Crippen LogP contribution >= 0.6 is 11.8 Å². The number of rotatable bonds is 4. The number of hydrogen-bond acceptors (Lipinski definition) is 5. The van der Waals surface area contributed by atoms with E-state index >= 15 is 0 Å². The number of aryl methyl sites for hydroxylation is 2. The van der Waals surface area contributed by atoms with Crippen LogP contribution in [0.4, 0.5) is 0 Å². The summed E-state index contributed by atoms with van der Waals surface area (Å²) in [6, 6.07) is 6.09. The van der Waals surface area contributed by atoms with Crippen molar-refractivity contribution in [2.45, 2.75) is 31.2 Å². The van der Waals surface area contributed by atoms with E-state index < -0.39 is 0 Å². The normalized spacial score (nSPS) is 12.2. The molecule has 1 aromatic heterocycles. The number of aromatic nitrogens is 4. The largest absolute Gasteiger partial charge is 0.348 e. The van der Waals surface area contributed by atoms with Gasteiger partial charge in [-0.15, -0.1) is 5.10 Å². The summed E-state index contributed by atoms with van der Waals surface area (Å²) in [4.78, 5) is 13.5. The number of thioether (sulfide) groups is 1. The predicted octanol–water partition coefficient (Wildman–Crippen LogP) is 1.85. The summed E-state index contributed by atoms with van der Waals surface area (Å²) in [6.07, 6.45) is 0. The summed E-state index contributed by atoms with van der Waals surface area (Å²) in [5, 5.41) is 12.2. The molecular weight excluding hydrogens is 286 g/mol. The fourth-order valence-corrected chi connectivity index (χ4v) is 2.96. The molecule has 0 N–H and O–H groups in total. The molecule has 1 aromatic carbocycles. The molecule has 112 valence electrons. The molecule has 2 aromatic rings. The van der Waals surface area contributed by atoms with E-state index in [1.165, 1.54) is 17.3 Å². The lowest BCUT2D eigenvalue weighted by atomic mass is 10.1. The van der Waals surface area contributed by atoms with Gasteiger partial charge in [0.05, 0.1) is 10.9 Å². The number of tetrazole rings is 1. The van der Waals surface area contributed by atoms with Gasteiger partial charge in [0.1, 0.15) is 0 Å². The third-order valence-corrected chi connectivity index (χ3v) is 4.11. The summed E-state index contributed by atoms with van der Waals surface area (Å²) in [5.74, 6) is 0.0372. The smallest absolute Gasteiger partial charge is 0.235 e. The quantitative estimate of drug-likeness (QED) is 0.807. The fraction of sp³-hybridized carbons (Fsp3) is 0.429. The van der Waals surface area contributed by atoms with Crippen LogP contribution in [0.1, 0.15) is 18.1 Å². The van der Waals surface area contributed by atoms with E-state index in [9.17, 15) is 4.79 Å². The van der Waals surface area contributed by atoms with E-state index in [0.717, 1.165) is 11.3 Å². The van der Waals surface area contributed by atoms with Crippen LogP contribution in [-0.2, 0) is 4.79 Å². The SMILES string of the molecule is Cc1ccc(-n2nnnc2S[C@H](C)C(=O)N(C)C)c(C)c1. The fourth-order valence-electron chi connectivity index (χ4n) is 2.02. The van der Waals surface area contributed by atoms with Gasteiger partial charge in [-0.2, -0.15) is 4.68 Å². The van der Waals surface area contributed by atoms with Gasteiger partial charge in [0.15, 0.2) is 0 Å². The van der Waals surface area contributed by atoms with E-state index in [4.69, 9.17) is 0 Å². The average molecular weight is 305 g/mol. The van der Waals surface area contributed by atoms with Gasteiger partial charge in [0.25, 0.3) is 0 Å². The Morgan fingerprint density at radius 2 is 2.05 bits per heavy atom. The lowest BCUT2D eigenvalue weighted by Crippen LogP contribution is -2.29. The second-order valence-corrected chi connectivity index (χ2v) is 6.46. The Kier molecular flexibility index (Phi) is 4.62. The van der Waals surface area contributed by atoms with Gasteiger partial charge in [0.2, 0.25) is 11.1 Å². The molecule has 0 saturated heterocycles. The molecule has 1 heterocycles. The second-order valence-electron chi connectivity index (χ2n) is 5.16. The lowest BCUT2D eigenvalue weighted by Gasteiger charge is -2.16. The van der Waals surface area contributed by atoms with Gasteiger partial charge in [-0.3, -0.25) is 4.79 Å². The van der Waals surface area contributed by atoms with Gasteiger partial charge in [-0.1, -0.05) is 29.5 Å². The van der Waals surface area contributed by atoms with Crippen molar-refractivity contribution >= 4 is 17.7 Å². The first-order valence-electron chi connectivity index (χ1n) is 6.64. The maximum Gasteiger partial charge on any atom is 0.235 e. The minimum atomic E-state index is -0.240. The molecule has 0 aliphatic heterocycles. The van der Waals surface area contributed by atoms with Crippen molar-refractivity contribution in [2.24, 2.45) is 0 Å². The summed E-state index contributed by atoms with van der Waals surface area (Å²) in [5.41, 5.74) is 3.21. The van der Waals surface area contributed by atoms with Crippen LogP contribution in [0.3, 0.4) is 0 Å². The zero-order valence-electron chi connectivity index (χ0n) is 12.9. The Labute approximate surface area is 128 Å². The van der Waals surface area contributed by atoms with Gasteiger partial charge >= 0.3 is 0 Å².